The second kappa shape index (κ2) is 13.9. The van der Waals surface area contributed by atoms with Gasteiger partial charge in [0.2, 0.25) is 0 Å². The van der Waals surface area contributed by atoms with Crippen molar-refractivity contribution < 1.29 is 9.53 Å². The third-order valence-corrected chi connectivity index (χ3v) is 3.62. The van der Waals surface area contributed by atoms with E-state index in [0.29, 0.717) is 0 Å². The molecule has 0 aromatic heterocycles. The van der Waals surface area contributed by atoms with Gasteiger partial charge >= 0.3 is 5.97 Å². The van der Waals surface area contributed by atoms with Crippen molar-refractivity contribution in [3.63, 3.8) is 0 Å². The Bertz CT molecular complexity index is 207. The van der Waals surface area contributed by atoms with Crippen LogP contribution in [0.3, 0.4) is 0 Å². The van der Waals surface area contributed by atoms with Gasteiger partial charge in [0.05, 0.1) is 5.92 Å². The predicted octanol–water partition coefficient (Wildman–Crippen LogP) is 4.39. The summed E-state index contributed by atoms with van der Waals surface area (Å²) < 4.78 is 4.78. The highest BCUT2D eigenvalue weighted by molar-refractivity contribution is 5.71. The van der Waals surface area contributed by atoms with E-state index < -0.39 is 0 Å². The Morgan fingerprint density at radius 1 is 0.947 bits per heavy atom. The van der Waals surface area contributed by atoms with E-state index in [4.69, 9.17) is 10.5 Å². The molecule has 0 rings (SSSR count). The Hall–Kier alpha value is -0.570. The van der Waals surface area contributed by atoms with Gasteiger partial charge in [0, 0.05) is 0 Å². The molecule has 1 atom stereocenters. The zero-order valence-electron chi connectivity index (χ0n) is 13.0. The summed E-state index contributed by atoms with van der Waals surface area (Å²) >= 11 is 0. The van der Waals surface area contributed by atoms with Gasteiger partial charge < -0.3 is 4.74 Å². The highest BCUT2D eigenvalue weighted by Gasteiger charge is 2.12. The van der Waals surface area contributed by atoms with Gasteiger partial charge in [-0.15, -0.1) is 0 Å². The number of hydrogen-bond acceptors (Lipinski definition) is 3. The Labute approximate surface area is 119 Å². The van der Waals surface area contributed by atoms with Crippen LogP contribution in [0.15, 0.2) is 0 Å². The largest absolute Gasteiger partial charge is 0.450 e. The van der Waals surface area contributed by atoms with Crippen LogP contribution in [-0.2, 0) is 9.53 Å². The lowest BCUT2D eigenvalue weighted by molar-refractivity contribution is -0.147. The van der Waals surface area contributed by atoms with E-state index in [-0.39, 0.29) is 18.6 Å². The van der Waals surface area contributed by atoms with Crippen LogP contribution in [0.1, 0.15) is 84.5 Å². The summed E-state index contributed by atoms with van der Waals surface area (Å²) in [5.74, 6) is -0.156. The zero-order chi connectivity index (χ0) is 14.3. The second-order valence-electron chi connectivity index (χ2n) is 5.50. The SMILES string of the molecule is CCCCCCCCCCCCC(C)C(=O)OCN. The maximum atomic E-state index is 11.3. The molecule has 3 nitrogen and oxygen atoms in total. The summed E-state index contributed by atoms with van der Waals surface area (Å²) in [5.41, 5.74) is 5.18. The molecule has 0 spiro atoms. The molecule has 114 valence electrons. The van der Waals surface area contributed by atoms with Crippen LogP contribution in [0.25, 0.3) is 0 Å². The zero-order valence-corrected chi connectivity index (χ0v) is 13.0. The van der Waals surface area contributed by atoms with Crippen LogP contribution >= 0.6 is 0 Å². The number of carbonyl (C=O) groups excluding carboxylic acids is 1. The number of ether oxygens (including phenoxy) is 1. The lowest BCUT2D eigenvalue weighted by Gasteiger charge is -2.09. The first-order valence-electron chi connectivity index (χ1n) is 8.09. The topological polar surface area (TPSA) is 52.3 Å². The molecule has 3 heteroatoms. The smallest absolute Gasteiger partial charge is 0.309 e. The Morgan fingerprint density at radius 3 is 1.89 bits per heavy atom. The molecule has 0 aliphatic heterocycles. The van der Waals surface area contributed by atoms with Crippen molar-refractivity contribution in [3.05, 3.63) is 0 Å². The minimum Gasteiger partial charge on any atom is -0.450 e. The van der Waals surface area contributed by atoms with Gasteiger partial charge in [-0.1, -0.05) is 78.1 Å². The fourth-order valence-corrected chi connectivity index (χ4v) is 2.28. The van der Waals surface area contributed by atoms with Crippen molar-refractivity contribution in [2.24, 2.45) is 11.7 Å². The number of rotatable bonds is 13. The maximum Gasteiger partial charge on any atom is 0.309 e. The van der Waals surface area contributed by atoms with E-state index in [1.807, 2.05) is 6.92 Å². The minimum atomic E-state index is -0.154. The van der Waals surface area contributed by atoms with E-state index in [9.17, 15) is 4.79 Å². The lowest BCUT2D eigenvalue weighted by atomic mass is 10.0. The quantitative estimate of drug-likeness (QED) is 0.307. The monoisotopic (exact) mass is 271 g/mol. The minimum absolute atomic E-state index is 0.00120. The number of hydrogen-bond donors (Lipinski definition) is 1. The summed E-state index contributed by atoms with van der Waals surface area (Å²) in [5, 5.41) is 0. The molecule has 0 fully saturated rings. The predicted molar refractivity (Wildman–Crippen MR) is 80.8 cm³/mol. The average molecular weight is 271 g/mol. The molecule has 19 heavy (non-hydrogen) atoms. The fourth-order valence-electron chi connectivity index (χ4n) is 2.28. The molecule has 0 aliphatic rings. The van der Waals surface area contributed by atoms with Crippen LogP contribution in [0.5, 0.6) is 0 Å². The maximum absolute atomic E-state index is 11.3. The third-order valence-electron chi connectivity index (χ3n) is 3.62. The van der Waals surface area contributed by atoms with Gasteiger partial charge in [-0.05, 0) is 6.42 Å². The first-order chi connectivity index (χ1) is 9.22. The molecule has 0 aliphatic carbocycles. The van der Waals surface area contributed by atoms with Gasteiger partial charge in [-0.25, -0.2) is 0 Å². The van der Waals surface area contributed by atoms with Crippen molar-refractivity contribution in [3.8, 4) is 0 Å². The summed E-state index contributed by atoms with van der Waals surface area (Å²) in [6.45, 7) is 4.18. The summed E-state index contributed by atoms with van der Waals surface area (Å²) in [4.78, 5) is 11.3. The Morgan fingerprint density at radius 2 is 1.42 bits per heavy atom. The summed E-state index contributed by atoms with van der Waals surface area (Å²) in [6.07, 6.45) is 14.2. The van der Waals surface area contributed by atoms with E-state index >= 15 is 0 Å². The van der Waals surface area contributed by atoms with Gasteiger partial charge in [0.1, 0.15) is 6.73 Å². The normalized spacial score (nSPS) is 12.4. The second-order valence-corrected chi connectivity index (χ2v) is 5.50. The van der Waals surface area contributed by atoms with Crippen LogP contribution in [0.2, 0.25) is 0 Å². The third kappa shape index (κ3) is 12.2. The van der Waals surface area contributed by atoms with Gasteiger partial charge in [0.25, 0.3) is 0 Å². The molecule has 0 aromatic rings. The van der Waals surface area contributed by atoms with Crippen LogP contribution < -0.4 is 5.73 Å². The van der Waals surface area contributed by atoms with Crippen molar-refractivity contribution in [2.75, 3.05) is 6.73 Å². The van der Waals surface area contributed by atoms with Crippen LogP contribution in [-0.4, -0.2) is 12.7 Å². The van der Waals surface area contributed by atoms with Gasteiger partial charge in [0.15, 0.2) is 0 Å². The molecule has 0 radical (unpaired) electrons. The highest BCUT2D eigenvalue weighted by Crippen LogP contribution is 2.14. The fraction of sp³-hybridized carbons (Fsp3) is 0.938. The molecule has 0 amide bonds. The molecule has 0 saturated heterocycles. The van der Waals surface area contributed by atoms with Crippen LogP contribution in [0, 0.1) is 5.92 Å². The van der Waals surface area contributed by atoms with Gasteiger partial charge in [-0.3, -0.25) is 10.5 Å². The number of esters is 1. The molecule has 0 saturated carbocycles. The van der Waals surface area contributed by atoms with E-state index in [1.165, 1.54) is 57.8 Å². The molecular formula is C16H33NO2. The van der Waals surface area contributed by atoms with E-state index in [0.717, 1.165) is 12.8 Å². The van der Waals surface area contributed by atoms with Crippen molar-refractivity contribution in [1.82, 2.24) is 0 Å². The Balaban J connectivity index is 3.20. The van der Waals surface area contributed by atoms with Crippen LogP contribution in [0.4, 0.5) is 0 Å². The average Bonchev–Trinajstić information content (AvgIpc) is 2.41. The highest BCUT2D eigenvalue weighted by atomic mass is 16.5. The molecule has 2 N–H and O–H groups in total. The number of nitrogens with two attached hydrogens (primary N) is 1. The first kappa shape index (κ1) is 18.4. The molecule has 1 unspecified atom stereocenters. The van der Waals surface area contributed by atoms with Crippen molar-refractivity contribution >= 4 is 5.97 Å². The molecule has 0 heterocycles. The summed E-state index contributed by atoms with van der Waals surface area (Å²) in [6, 6.07) is 0. The summed E-state index contributed by atoms with van der Waals surface area (Å²) in [7, 11) is 0. The number of unbranched alkanes of at least 4 members (excludes halogenated alkanes) is 9. The van der Waals surface area contributed by atoms with Gasteiger partial charge in [-0.2, -0.15) is 0 Å². The molecule has 0 bridgehead atoms. The van der Waals surface area contributed by atoms with E-state index in [1.54, 1.807) is 0 Å². The van der Waals surface area contributed by atoms with Crippen molar-refractivity contribution in [2.45, 2.75) is 84.5 Å². The first-order valence-corrected chi connectivity index (χ1v) is 8.09. The van der Waals surface area contributed by atoms with Crippen molar-refractivity contribution in [1.29, 1.82) is 0 Å². The lowest BCUT2D eigenvalue weighted by Crippen LogP contribution is -2.18. The standard InChI is InChI=1S/C16H33NO2/c1-3-4-5-6-7-8-9-10-11-12-13-15(2)16(18)19-14-17/h15H,3-14,17H2,1-2H3. The van der Waals surface area contributed by atoms with E-state index in [2.05, 4.69) is 6.92 Å². The molecular weight excluding hydrogens is 238 g/mol. The molecule has 0 aromatic carbocycles. The number of carbonyl (C=O) groups is 1. The Kier molecular flexibility index (Phi) is 13.4.